The van der Waals surface area contributed by atoms with E-state index >= 15 is 0 Å². The van der Waals surface area contributed by atoms with Crippen molar-refractivity contribution in [2.75, 3.05) is 25.0 Å². The van der Waals surface area contributed by atoms with Gasteiger partial charge in [-0.15, -0.1) is 0 Å². The van der Waals surface area contributed by atoms with Crippen molar-refractivity contribution in [3.8, 4) is 5.75 Å². The highest BCUT2D eigenvalue weighted by molar-refractivity contribution is 5.68. The summed E-state index contributed by atoms with van der Waals surface area (Å²) in [6.45, 7) is 7.28. The summed E-state index contributed by atoms with van der Waals surface area (Å²) in [6.07, 6.45) is 0.636. The minimum atomic E-state index is -0.472. The number of amides is 1. The summed E-state index contributed by atoms with van der Waals surface area (Å²) >= 11 is 0. The molecule has 2 rings (SSSR count). The molecule has 1 saturated heterocycles. The van der Waals surface area contributed by atoms with E-state index in [0.29, 0.717) is 0 Å². The summed E-state index contributed by atoms with van der Waals surface area (Å²) in [5, 5.41) is 9.33. The maximum atomic E-state index is 12.1. The van der Waals surface area contributed by atoms with Gasteiger partial charge in [0.15, 0.2) is 0 Å². The monoisotopic (exact) mass is 292 g/mol. The average molecular weight is 292 g/mol. The topological polar surface area (TPSA) is 53.0 Å². The normalized spacial score (nSPS) is 18.7. The van der Waals surface area contributed by atoms with Gasteiger partial charge < -0.3 is 19.6 Å². The minimum Gasteiger partial charge on any atom is -0.508 e. The molecule has 1 fully saturated rings. The molecule has 0 radical (unpaired) electrons. The molecule has 21 heavy (non-hydrogen) atoms. The number of aromatic hydroxyl groups is 1. The molecule has 116 valence electrons. The Morgan fingerprint density at radius 1 is 1.33 bits per heavy atom. The van der Waals surface area contributed by atoms with E-state index in [0.717, 1.165) is 25.2 Å². The molecule has 1 heterocycles. The maximum absolute atomic E-state index is 12.1. The van der Waals surface area contributed by atoms with Crippen LogP contribution in [-0.4, -0.2) is 47.9 Å². The number of carbonyl (C=O) groups excluding carboxylic acids is 1. The molecule has 1 aromatic carbocycles. The Hall–Kier alpha value is -1.91. The number of likely N-dealkylation sites (N-methyl/N-ethyl adjacent to an activating group) is 1. The first kappa shape index (κ1) is 15.5. The first-order chi connectivity index (χ1) is 9.76. The van der Waals surface area contributed by atoms with Crippen LogP contribution in [0.5, 0.6) is 5.75 Å². The fourth-order valence-electron chi connectivity index (χ4n) is 2.44. The van der Waals surface area contributed by atoms with Crippen LogP contribution in [-0.2, 0) is 4.74 Å². The lowest BCUT2D eigenvalue weighted by Crippen LogP contribution is -2.42. The predicted molar refractivity (Wildman–Crippen MR) is 82.7 cm³/mol. The van der Waals surface area contributed by atoms with Crippen LogP contribution in [0.3, 0.4) is 0 Å². The number of phenolic OH excluding ortho intramolecular Hbond substituents is 1. The zero-order chi connectivity index (χ0) is 15.6. The number of carbonyl (C=O) groups is 1. The first-order valence-corrected chi connectivity index (χ1v) is 7.26. The number of phenols is 1. The van der Waals surface area contributed by atoms with Gasteiger partial charge >= 0.3 is 6.09 Å². The van der Waals surface area contributed by atoms with E-state index < -0.39 is 5.60 Å². The molecule has 1 N–H and O–H groups in total. The molecule has 1 atom stereocenters. The highest BCUT2D eigenvalue weighted by Crippen LogP contribution is 2.25. The summed E-state index contributed by atoms with van der Waals surface area (Å²) in [4.78, 5) is 16.0. The third kappa shape index (κ3) is 4.03. The van der Waals surface area contributed by atoms with Crippen LogP contribution >= 0.6 is 0 Å². The van der Waals surface area contributed by atoms with Gasteiger partial charge in [-0.2, -0.15) is 0 Å². The van der Waals surface area contributed by atoms with Crippen molar-refractivity contribution < 1.29 is 14.6 Å². The van der Waals surface area contributed by atoms with Gasteiger partial charge in [-0.05, 0) is 51.5 Å². The molecule has 0 saturated carbocycles. The number of hydrogen-bond donors (Lipinski definition) is 1. The molecular weight excluding hydrogens is 268 g/mol. The van der Waals surface area contributed by atoms with Crippen LogP contribution in [0.2, 0.25) is 0 Å². The standard InChI is InChI=1S/C16H24N2O3/c1-16(2,3)21-15(20)17(4)13-9-10-18(11-13)12-5-7-14(19)8-6-12/h5-8,13,19H,9-11H2,1-4H3/t13-/m0/s1. The highest BCUT2D eigenvalue weighted by atomic mass is 16.6. The van der Waals surface area contributed by atoms with Crippen molar-refractivity contribution in [1.29, 1.82) is 0 Å². The van der Waals surface area contributed by atoms with E-state index in [1.807, 2.05) is 32.9 Å². The zero-order valence-corrected chi connectivity index (χ0v) is 13.2. The lowest BCUT2D eigenvalue weighted by atomic mass is 10.2. The van der Waals surface area contributed by atoms with Crippen LogP contribution in [0, 0.1) is 0 Å². The second-order valence-corrected chi connectivity index (χ2v) is 6.50. The fourth-order valence-corrected chi connectivity index (χ4v) is 2.44. The van der Waals surface area contributed by atoms with Crippen LogP contribution in [0.25, 0.3) is 0 Å². The second kappa shape index (κ2) is 5.84. The van der Waals surface area contributed by atoms with E-state index in [4.69, 9.17) is 4.74 Å². The van der Waals surface area contributed by atoms with E-state index in [-0.39, 0.29) is 17.9 Å². The molecule has 0 spiro atoms. The Labute approximate surface area is 126 Å². The van der Waals surface area contributed by atoms with Crippen molar-refractivity contribution >= 4 is 11.8 Å². The number of rotatable bonds is 2. The average Bonchev–Trinajstić information content (AvgIpc) is 2.86. The Morgan fingerprint density at radius 3 is 2.52 bits per heavy atom. The summed E-state index contributed by atoms with van der Waals surface area (Å²) in [5.74, 6) is 0.264. The fraction of sp³-hybridized carbons (Fsp3) is 0.562. The van der Waals surface area contributed by atoms with Gasteiger partial charge in [0.1, 0.15) is 11.4 Å². The quantitative estimate of drug-likeness (QED) is 0.910. The van der Waals surface area contributed by atoms with Crippen molar-refractivity contribution in [3.05, 3.63) is 24.3 Å². The third-order valence-electron chi connectivity index (χ3n) is 3.61. The van der Waals surface area contributed by atoms with Gasteiger partial charge in [0.05, 0.1) is 6.04 Å². The summed E-state index contributed by atoms with van der Waals surface area (Å²) in [5.41, 5.74) is 0.591. The van der Waals surface area contributed by atoms with E-state index in [1.165, 1.54) is 0 Å². The molecule has 5 nitrogen and oxygen atoms in total. The smallest absolute Gasteiger partial charge is 0.410 e. The van der Waals surface area contributed by atoms with Gasteiger partial charge in [-0.1, -0.05) is 0 Å². The molecule has 0 aromatic heterocycles. The third-order valence-corrected chi connectivity index (χ3v) is 3.61. The number of hydrogen-bond acceptors (Lipinski definition) is 4. The van der Waals surface area contributed by atoms with E-state index in [9.17, 15) is 9.90 Å². The number of benzene rings is 1. The first-order valence-electron chi connectivity index (χ1n) is 7.26. The van der Waals surface area contributed by atoms with Gasteiger partial charge in [-0.3, -0.25) is 0 Å². The number of anilines is 1. The molecule has 1 aliphatic rings. The maximum Gasteiger partial charge on any atom is 0.410 e. The Bertz CT molecular complexity index is 493. The zero-order valence-electron chi connectivity index (χ0n) is 13.2. The Kier molecular flexibility index (Phi) is 4.30. The van der Waals surface area contributed by atoms with Crippen LogP contribution in [0.1, 0.15) is 27.2 Å². The van der Waals surface area contributed by atoms with Crippen molar-refractivity contribution in [1.82, 2.24) is 4.90 Å². The Balaban J connectivity index is 1.95. The van der Waals surface area contributed by atoms with E-state index in [2.05, 4.69) is 4.90 Å². The molecule has 1 amide bonds. The molecule has 5 heteroatoms. The van der Waals surface area contributed by atoms with Gasteiger partial charge in [0.25, 0.3) is 0 Å². The molecule has 0 bridgehead atoms. The highest BCUT2D eigenvalue weighted by Gasteiger charge is 2.31. The molecule has 1 aliphatic heterocycles. The van der Waals surface area contributed by atoms with Gasteiger partial charge in [0.2, 0.25) is 0 Å². The van der Waals surface area contributed by atoms with Crippen LogP contribution in [0.15, 0.2) is 24.3 Å². The minimum absolute atomic E-state index is 0.147. The molecular formula is C16H24N2O3. The van der Waals surface area contributed by atoms with Gasteiger partial charge in [0, 0.05) is 25.8 Å². The van der Waals surface area contributed by atoms with Crippen molar-refractivity contribution in [2.24, 2.45) is 0 Å². The summed E-state index contributed by atoms with van der Waals surface area (Å²) in [6, 6.07) is 7.30. The predicted octanol–water partition coefficient (Wildman–Crippen LogP) is 2.84. The SMILES string of the molecule is CN(C(=O)OC(C)(C)C)[C@H]1CCN(c2ccc(O)cc2)C1. The summed E-state index contributed by atoms with van der Waals surface area (Å²) in [7, 11) is 1.79. The van der Waals surface area contributed by atoms with Crippen molar-refractivity contribution in [2.45, 2.75) is 38.8 Å². The molecule has 1 aromatic rings. The van der Waals surface area contributed by atoms with Crippen molar-refractivity contribution in [3.63, 3.8) is 0 Å². The van der Waals surface area contributed by atoms with Crippen LogP contribution < -0.4 is 4.90 Å². The van der Waals surface area contributed by atoms with Crippen LogP contribution in [0.4, 0.5) is 10.5 Å². The molecule has 0 aliphatic carbocycles. The summed E-state index contributed by atoms with van der Waals surface area (Å²) < 4.78 is 5.40. The van der Waals surface area contributed by atoms with E-state index in [1.54, 1.807) is 24.1 Å². The van der Waals surface area contributed by atoms with Gasteiger partial charge in [-0.25, -0.2) is 4.79 Å². The largest absolute Gasteiger partial charge is 0.508 e. The Morgan fingerprint density at radius 2 is 1.95 bits per heavy atom. The number of ether oxygens (including phenoxy) is 1. The lowest BCUT2D eigenvalue weighted by Gasteiger charge is -2.28. The molecule has 0 unspecified atom stereocenters. The lowest BCUT2D eigenvalue weighted by molar-refractivity contribution is 0.0238. The second-order valence-electron chi connectivity index (χ2n) is 6.50. The number of nitrogens with zero attached hydrogens (tertiary/aromatic N) is 2.